The van der Waals surface area contributed by atoms with Gasteiger partial charge in [0.25, 0.3) is 0 Å². The number of hydrogen-bond acceptors (Lipinski definition) is 5. The summed E-state index contributed by atoms with van der Waals surface area (Å²) in [6.07, 6.45) is 5.34. The number of hydrogen-bond donors (Lipinski definition) is 3. The summed E-state index contributed by atoms with van der Waals surface area (Å²) in [7, 11) is 1.31. The Morgan fingerprint density at radius 2 is 1.96 bits per heavy atom. The van der Waals surface area contributed by atoms with E-state index < -0.39 is 17.9 Å². The van der Waals surface area contributed by atoms with Crippen molar-refractivity contribution in [3.63, 3.8) is 0 Å². The van der Waals surface area contributed by atoms with Gasteiger partial charge in [0.05, 0.1) is 13.2 Å². The highest BCUT2D eigenvalue weighted by Crippen LogP contribution is 2.60. The maximum Gasteiger partial charge on any atom is 0.333 e. The molecule has 144 valence electrons. The molecule has 2 aliphatic carbocycles. The van der Waals surface area contributed by atoms with Crippen molar-refractivity contribution in [2.45, 2.75) is 77.1 Å². The minimum atomic E-state index is -1.53. The van der Waals surface area contributed by atoms with Crippen molar-refractivity contribution < 1.29 is 24.9 Å². The fourth-order valence-electron chi connectivity index (χ4n) is 5.49. The monoisotopic (exact) mass is 354 g/mol. The van der Waals surface area contributed by atoms with Crippen LogP contribution in [0.15, 0.2) is 12.2 Å². The van der Waals surface area contributed by atoms with Crippen LogP contribution in [0, 0.1) is 23.2 Å². The number of carbonyl (C=O) groups excluding carboxylic acids is 1. The van der Waals surface area contributed by atoms with Crippen LogP contribution in [0.2, 0.25) is 0 Å². The molecule has 5 atom stereocenters. The summed E-state index contributed by atoms with van der Waals surface area (Å²) >= 11 is 0. The van der Waals surface area contributed by atoms with Gasteiger partial charge in [-0.05, 0) is 55.8 Å². The summed E-state index contributed by atoms with van der Waals surface area (Å²) in [6.45, 7) is 8.07. The third-order valence-corrected chi connectivity index (χ3v) is 6.83. The number of carbonyl (C=O) groups is 1. The molecule has 25 heavy (non-hydrogen) atoms. The zero-order valence-corrected chi connectivity index (χ0v) is 15.8. The normalized spacial score (nSPS) is 33.4. The van der Waals surface area contributed by atoms with Gasteiger partial charge in [0.1, 0.15) is 0 Å². The molecular weight excluding hydrogens is 320 g/mol. The van der Waals surface area contributed by atoms with E-state index in [9.17, 15) is 20.1 Å². The number of fused-ring (bicyclic) bond motifs is 1. The third kappa shape index (κ3) is 4.26. The number of ether oxygens (including phenoxy) is 1. The van der Waals surface area contributed by atoms with Crippen LogP contribution in [-0.2, 0) is 9.53 Å². The van der Waals surface area contributed by atoms with E-state index in [1.807, 2.05) is 0 Å². The number of rotatable bonds is 7. The lowest BCUT2D eigenvalue weighted by molar-refractivity contribution is -0.245. The molecule has 2 rings (SSSR count). The van der Waals surface area contributed by atoms with Crippen LogP contribution in [0.25, 0.3) is 0 Å². The second-order valence-electron chi connectivity index (χ2n) is 8.48. The number of esters is 1. The Kier molecular flexibility index (Phi) is 6.34. The first-order valence-corrected chi connectivity index (χ1v) is 9.50. The van der Waals surface area contributed by atoms with E-state index in [1.165, 1.54) is 7.11 Å². The van der Waals surface area contributed by atoms with Crippen molar-refractivity contribution in [1.82, 2.24) is 0 Å². The number of aliphatic hydroxyl groups excluding tert-OH is 1. The highest BCUT2D eigenvalue weighted by atomic mass is 16.5. The maximum atomic E-state index is 11.4. The first-order valence-electron chi connectivity index (χ1n) is 9.50. The fourth-order valence-corrected chi connectivity index (χ4v) is 5.49. The molecule has 2 fully saturated rings. The highest BCUT2D eigenvalue weighted by Gasteiger charge is 2.57. The molecular formula is C20H34O5. The molecule has 3 N–H and O–H groups in total. The molecule has 0 bridgehead atoms. The van der Waals surface area contributed by atoms with Crippen LogP contribution in [0.4, 0.5) is 0 Å². The Morgan fingerprint density at radius 1 is 1.28 bits per heavy atom. The zero-order valence-electron chi connectivity index (χ0n) is 15.8. The molecule has 5 nitrogen and oxygen atoms in total. The van der Waals surface area contributed by atoms with Gasteiger partial charge in [-0.25, -0.2) is 4.79 Å². The molecule has 0 heterocycles. The molecule has 0 aromatic carbocycles. The van der Waals surface area contributed by atoms with Crippen molar-refractivity contribution in [2.24, 2.45) is 23.2 Å². The second kappa shape index (κ2) is 7.77. The Hall–Kier alpha value is -0.910. The molecule has 0 saturated heterocycles. The van der Waals surface area contributed by atoms with Crippen molar-refractivity contribution in [3.05, 3.63) is 12.2 Å². The predicted octanol–water partition coefficient (Wildman–Crippen LogP) is 2.78. The van der Waals surface area contributed by atoms with Crippen molar-refractivity contribution in [1.29, 1.82) is 0 Å². The Labute approximate surface area is 151 Å². The molecule has 2 aliphatic rings. The maximum absolute atomic E-state index is 11.4. The summed E-state index contributed by atoms with van der Waals surface area (Å²) in [4.78, 5) is 11.4. The van der Waals surface area contributed by atoms with Crippen LogP contribution in [0.1, 0.15) is 65.2 Å². The smallest absolute Gasteiger partial charge is 0.333 e. The summed E-state index contributed by atoms with van der Waals surface area (Å²) < 4.78 is 4.61. The van der Waals surface area contributed by atoms with E-state index in [0.29, 0.717) is 30.3 Å². The highest BCUT2D eigenvalue weighted by molar-refractivity contribution is 5.87. The minimum absolute atomic E-state index is 0.0399. The predicted molar refractivity (Wildman–Crippen MR) is 95.5 cm³/mol. The van der Waals surface area contributed by atoms with E-state index in [1.54, 1.807) is 0 Å². The van der Waals surface area contributed by atoms with Gasteiger partial charge in [0.2, 0.25) is 0 Å². The molecule has 0 aromatic rings. The van der Waals surface area contributed by atoms with Gasteiger partial charge in [0.15, 0.2) is 5.79 Å². The van der Waals surface area contributed by atoms with E-state index in [4.69, 9.17) is 0 Å². The standard InChI is InChI=1S/C20H34O5/c1-13(6-7-15(21)12-14(2)18(22)25-4)16-8-9-17-19(16,3)10-5-11-20(17,23)24/h13,15-17,21,23-24H,2,5-12H2,1,3-4H3/t13?,15?,16-,17?,19-/m1/s1. The molecule has 5 heteroatoms. The number of methoxy groups -OCH3 is 1. The van der Waals surface area contributed by atoms with Gasteiger partial charge in [-0.2, -0.15) is 0 Å². The largest absolute Gasteiger partial charge is 0.466 e. The zero-order chi connectivity index (χ0) is 18.8. The van der Waals surface area contributed by atoms with Crippen LogP contribution in [-0.4, -0.2) is 40.3 Å². The minimum Gasteiger partial charge on any atom is -0.466 e. The number of aliphatic hydroxyl groups is 3. The van der Waals surface area contributed by atoms with Crippen molar-refractivity contribution in [2.75, 3.05) is 7.11 Å². The molecule has 3 unspecified atom stereocenters. The fraction of sp³-hybridized carbons (Fsp3) is 0.850. The molecule has 2 saturated carbocycles. The lowest BCUT2D eigenvalue weighted by Gasteiger charge is -2.48. The molecule has 0 amide bonds. The third-order valence-electron chi connectivity index (χ3n) is 6.83. The van der Waals surface area contributed by atoms with E-state index >= 15 is 0 Å². The molecule has 0 aromatic heterocycles. The van der Waals surface area contributed by atoms with Gasteiger partial charge in [-0.1, -0.05) is 20.4 Å². The van der Waals surface area contributed by atoms with Gasteiger partial charge in [0, 0.05) is 24.3 Å². The quantitative estimate of drug-likeness (QED) is 0.372. The van der Waals surface area contributed by atoms with Gasteiger partial charge in [-0.15, -0.1) is 0 Å². The first-order chi connectivity index (χ1) is 11.6. The first kappa shape index (κ1) is 20.4. The Morgan fingerprint density at radius 3 is 2.60 bits per heavy atom. The SMILES string of the molecule is C=C(CC(O)CCC(C)[C@H]1CCC2C(O)(O)CCC[C@@]21C)C(=O)OC. The summed E-state index contributed by atoms with van der Waals surface area (Å²) in [5.41, 5.74) is 0.259. The second-order valence-corrected chi connectivity index (χ2v) is 8.48. The lowest BCUT2D eigenvalue weighted by Crippen LogP contribution is -2.50. The van der Waals surface area contributed by atoms with Crippen LogP contribution < -0.4 is 0 Å². The topological polar surface area (TPSA) is 87.0 Å². The Bertz CT molecular complexity index is 500. The summed E-state index contributed by atoms with van der Waals surface area (Å²) in [5.74, 6) is -1.22. The summed E-state index contributed by atoms with van der Waals surface area (Å²) in [5, 5.41) is 30.9. The van der Waals surface area contributed by atoms with Crippen LogP contribution in [0.5, 0.6) is 0 Å². The van der Waals surface area contributed by atoms with Crippen molar-refractivity contribution >= 4 is 5.97 Å². The average Bonchev–Trinajstić information content (AvgIpc) is 2.90. The van der Waals surface area contributed by atoms with Crippen LogP contribution >= 0.6 is 0 Å². The summed E-state index contributed by atoms with van der Waals surface area (Å²) in [6, 6.07) is 0. The van der Waals surface area contributed by atoms with Gasteiger partial charge < -0.3 is 20.1 Å². The van der Waals surface area contributed by atoms with E-state index in [0.717, 1.165) is 32.1 Å². The van der Waals surface area contributed by atoms with Crippen molar-refractivity contribution in [3.8, 4) is 0 Å². The Balaban J connectivity index is 1.90. The van der Waals surface area contributed by atoms with E-state index in [2.05, 4.69) is 25.2 Å². The molecule has 0 radical (unpaired) electrons. The lowest BCUT2D eigenvalue weighted by atomic mass is 9.60. The molecule has 0 aliphatic heterocycles. The average molecular weight is 354 g/mol. The van der Waals surface area contributed by atoms with Crippen LogP contribution in [0.3, 0.4) is 0 Å². The molecule has 0 spiro atoms. The van der Waals surface area contributed by atoms with Gasteiger partial charge in [-0.3, -0.25) is 0 Å². The van der Waals surface area contributed by atoms with Gasteiger partial charge >= 0.3 is 5.97 Å². The van der Waals surface area contributed by atoms with E-state index in [-0.39, 0.29) is 17.8 Å².